The van der Waals surface area contributed by atoms with E-state index >= 15 is 0 Å². The van der Waals surface area contributed by atoms with Gasteiger partial charge in [0, 0.05) is 16.7 Å². The zero-order valence-corrected chi connectivity index (χ0v) is 23.5. The van der Waals surface area contributed by atoms with Crippen molar-refractivity contribution in [3.63, 3.8) is 0 Å². The van der Waals surface area contributed by atoms with Gasteiger partial charge in [0.25, 0.3) is 0 Å². The molecule has 0 unspecified atom stereocenters. The fourth-order valence-corrected chi connectivity index (χ4v) is 4.76. The lowest BCUT2D eigenvalue weighted by atomic mass is 9.67. The largest absolute Gasteiger partial charge is 0.481 e. The van der Waals surface area contributed by atoms with Crippen molar-refractivity contribution in [1.82, 2.24) is 0 Å². The Labute approximate surface area is 207 Å². The number of allylic oxidation sites excluding steroid dienone is 2. The summed E-state index contributed by atoms with van der Waals surface area (Å²) in [5.41, 5.74) is 3.63. The van der Waals surface area contributed by atoms with E-state index in [9.17, 15) is 4.79 Å². The van der Waals surface area contributed by atoms with E-state index < -0.39 is 5.54 Å². The molecule has 1 atom stereocenters. The van der Waals surface area contributed by atoms with Crippen LogP contribution in [0.25, 0.3) is 0 Å². The highest BCUT2D eigenvalue weighted by molar-refractivity contribution is 6.11. The van der Waals surface area contributed by atoms with Crippen LogP contribution >= 0.6 is 0 Å². The Bertz CT molecular complexity index is 1040. The van der Waals surface area contributed by atoms with E-state index in [4.69, 9.17) is 4.74 Å². The van der Waals surface area contributed by atoms with Crippen LogP contribution in [0.2, 0.25) is 0 Å². The predicted molar refractivity (Wildman–Crippen MR) is 145 cm³/mol. The molecule has 1 aromatic rings. The number of nitrogens with one attached hydrogen (secondary N) is 1. The SMILES string of the molecule is C=C[C@H]1Oc2c(cc(C(C)(C)C)cc2C(C)(C)C)NC12C=C(C(C)(C)C)C(=O)C(C(C)(C)C)=C2. The zero-order valence-electron chi connectivity index (χ0n) is 23.5. The van der Waals surface area contributed by atoms with E-state index in [0.717, 1.165) is 22.6 Å². The minimum Gasteiger partial charge on any atom is -0.481 e. The lowest BCUT2D eigenvalue weighted by Gasteiger charge is -2.47. The van der Waals surface area contributed by atoms with Gasteiger partial charge in [-0.25, -0.2) is 0 Å². The highest BCUT2D eigenvalue weighted by atomic mass is 16.5. The topological polar surface area (TPSA) is 38.3 Å². The number of ether oxygens (including phenoxy) is 1. The van der Waals surface area contributed by atoms with Gasteiger partial charge in [-0.05, 0) is 51.5 Å². The molecule has 1 aliphatic carbocycles. The van der Waals surface area contributed by atoms with Crippen molar-refractivity contribution in [2.24, 2.45) is 10.8 Å². The highest BCUT2D eigenvalue weighted by Gasteiger charge is 2.48. The molecule has 1 N–H and O–H groups in total. The maximum absolute atomic E-state index is 13.6. The molecule has 3 heteroatoms. The Morgan fingerprint density at radius 1 is 0.824 bits per heavy atom. The van der Waals surface area contributed by atoms with Gasteiger partial charge in [0.2, 0.25) is 0 Å². The second-order valence-electron chi connectivity index (χ2n) is 14.2. The van der Waals surface area contributed by atoms with Crippen molar-refractivity contribution in [1.29, 1.82) is 0 Å². The van der Waals surface area contributed by atoms with Crippen molar-refractivity contribution in [2.45, 2.75) is 106 Å². The van der Waals surface area contributed by atoms with Crippen LogP contribution in [0.4, 0.5) is 5.69 Å². The lowest BCUT2D eigenvalue weighted by Crippen LogP contribution is -2.54. The van der Waals surface area contributed by atoms with Crippen molar-refractivity contribution in [3.8, 4) is 5.75 Å². The quantitative estimate of drug-likeness (QED) is 0.430. The van der Waals surface area contributed by atoms with Gasteiger partial charge >= 0.3 is 0 Å². The average Bonchev–Trinajstić information content (AvgIpc) is 2.64. The van der Waals surface area contributed by atoms with Crippen LogP contribution in [0, 0.1) is 10.8 Å². The molecule has 0 saturated heterocycles. The number of Topliss-reactive ketones (excluding diaryl/α,β-unsaturated/α-hetero) is 1. The van der Waals surface area contributed by atoms with Gasteiger partial charge in [0.05, 0.1) is 5.69 Å². The first-order valence-corrected chi connectivity index (χ1v) is 12.5. The molecular weight excluding hydrogens is 418 g/mol. The van der Waals surface area contributed by atoms with Gasteiger partial charge in [-0.15, -0.1) is 0 Å². The summed E-state index contributed by atoms with van der Waals surface area (Å²) in [4.78, 5) is 13.6. The molecule has 0 aromatic heterocycles. The Kier molecular flexibility index (Phi) is 6.09. The predicted octanol–water partition coefficient (Wildman–Crippen LogP) is 7.91. The molecule has 0 radical (unpaired) electrons. The number of carbonyl (C=O) groups is 1. The maximum Gasteiger partial charge on any atom is 0.185 e. The van der Waals surface area contributed by atoms with Crippen LogP contribution < -0.4 is 10.1 Å². The first-order valence-electron chi connectivity index (χ1n) is 12.5. The second-order valence-corrected chi connectivity index (χ2v) is 14.2. The molecule has 1 aliphatic heterocycles. The Hall–Kier alpha value is -2.29. The summed E-state index contributed by atoms with van der Waals surface area (Å²) in [5, 5.41) is 3.86. The molecule has 2 aliphatic rings. The Morgan fingerprint density at radius 2 is 1.32 bits per heavy atom. The van der Waals surface area contributed by atoms with Crippen LogP contribution in [0.3, 0.4) is 0 Å². The first kappa shape index (κ1) is 26.3. The van der Waals surface area contributed by atoms with Crippen molar-refractivity contribution < 1.29 is 9.53 Å². The monoisotopic (exact) mass is 463 g/mol. The first-order chi connectivity index (χ1) is 15.2. The number of rotatable bonds is 1. The van der Waals surface area contributed by atoms with Gasteiger partial charge in [0.1, 0.15) is 17.4 Å². The summed E-state index contributed by atoms with van der Waals surface area (Å²) in [6, 6.07) is 4.51. The minimum absolute atomic E-state index is 0.0134. The Morgan fingerprint density at radius 3 is 1.71 bits per heavy atom. The minimum atomic E-state index is -0.695. The van der Waals surface area contributed by atoms with Crippen LogP contribution in [0.5, 0.6) is 5.75 Å². The number of anilines is 1. The van der Waals surface area contributed by atoms with Crippen LogP contribution in [-0.2, 0) is 15.6 Å². The summed E-state index contributed by atoms with van der Waals surface area (Å²) in [7, 11) is 0. The summed E-state index contributed by atoms with van der Waals surface area (Å²) < 4.78 is 6.78. The third-order valence-corrected chi connectivity index (χ3v) is 6.92. The van der Waals surface area contributed by atoms with E-state index in [1.807, 2.05) is 6.08 Å². The number of fused-ring (bicyclic) bond motifs is 1. The van der Waals surface area contributed by atoms with E-state index in [2.05, 4.69) is 119 Å². The lowest BCUT2D eigenvalue weighted by molar-refractivity contribution is -0.114. The number of hydrogen-bond acceptors (Lipinski definition) is 3. The molecule has 3 nitrogen and oxygen atoms in total. The second kappa shape index (κ2) is 7.86. The molecule has 1 heterocycles. The van der Waals surface area contributed by atoms with E-state index in [0.29, 0.717) is 0 Å². The summed E-state index contributed by atoms with van der Waals surface area (Å²) in [6.07, 6.45) is 5.70. The molecule has 0 amide bonds. The van der Waals surface area contributed by atoms with Gasteiger partial charge in [0.15, 0.2) is 5.78 Å². The number of benzene rings is 1. The zero-order chi connectivity index (χ0) is 26.1. The molecule has 3 rings (SSSR count). The van der Waals surface area contributed by atoms with Gasteiger partial charge < -0.3 is 10.1 Å². The summed E-state index contributed by atoms with van der Waals surface area (Å²) in [5.74, 6) is 1.00. The molecular formula is C31H45NO2. The van der Waals surface area contributed by atoms with Crippen molar-refractivity contribution >= 4 is 11.5 Å². The highest BCUT2D eigenvalue weighted by Crippen LogP contribution is 2.50. The van der Waals surface area contributed by atoms with Gasteiger partial charge in [-0.2, -0.15) is 0 Å². The number of hydrogen-bond donors (Lipinski definition) is 1. The molecule has 186 valence electrons. The molecule has 0 bridgehead atoms. The number of carbonyl (C=O) groups excluding carboxylic acids is 1. The average molecular weight is 464 g/mol. The molecule has 1 aromatic carbocycles. The fraction of sp³-hybridized carbons (Fsp3) is 0.581. The van der Waals surface area contributed by atoms with E-state index in [-0.39, 0.29) is 33.5 Å². The summed E-state index contributed by atoms with van der Waals surface area (Å²) in [6.45, 7) is 30.1. The summed E-state index contributed by atoms with van der Waals surface area (Å²) >= 11 is 0. The maximum atomic E-state index is 13.6. The van der Waals surface area contributed by atoms with Crippen LogP contribution in [0.15, 0.2) is 48.1 Å². The molecule has 34 heavy (non-hydrogen) atoms. The van der Waals surface area contributed by atoms with Crippen LogP contribution in [-0.4, -0.2) is 17.4 Å². The smallest absolute Gasteiger partial charge is 0.185 e. The van der Waals surface area contributed by atoms with E-state index in [1.54, 1.807) is 0 Å². The van der Waals surface area contributed by atoms with Gasteiger partial charge in [-0.1, -0.05) is 95.7 Å². The molecule has 0 saturated carbocycles. The third kappa shape index (κ3) is 4.63. The van der Waals surface area contributed by atoms with Crippen molar-refractivity contribution in [3.05, 3.63) is 59.2 Å². The van der Waals surface area contributed by atoms with Crippen LogP contribution in [0.1, 0.15) is 94.2 Å². The number of ketones is 1. The molecule has 0 fully saturated rings. The standard InChI is InChI=1S/C31H45NO2/c1-14-24-31(17-21(29(8,9)10)25(33)22(18-31)30(11,12)13)32-23-16-19(27(2,3)4)15-20(26(23)34-24)28(5,6)7/h14-18,24,32H,1H2,2-13H3/t24-/m1/s1. The fourth-order valence-electron chi connectivity index (χ4n) is 4.76. The Balaban J connectivity index is 2.36. The van der Waals surface area contributed by atoms with E-state index in [1.165, 1.54) is 11.1 Å². The third-order valence-electron chi connectivity index (χ3n) is 6.92. The molecule has 1 spiro atoms. The normalized spacial score (nSPS) is 20.7. The van der Waals surface area contributed by atoms with Crippen molar-refractivity contribution in [2.75, 3.05) is 5.32 Å². The van der Waals surface area contributed by atoms with Gasteiger partial charge in [-0.3, -0.25) is 4.79 Å².